The first-order valence-electron chi connectivity index (χ1n) is 10.8. The molecule has 3 aromatic rings. The zero-order valence-corrected chi connectivity index (χ0v) is 20.1. The first-order valence-corrected chi connectivity index (χ1v) is 12.4. The molecule has 176 valence electrons. The number of nitrogens with one attached hydrogen (secondary N) is 2. The summed E-state index contributed by atoms with van der Waals surface area (Å²) in [5.74, 6) is -0.516. The fourth-order valence-electron chi connectivity index (χ4n) is 4.54. The Morgan fingerprint density at radius 1 is 1.26 bits per heavy atom. The van der Waals surface area contributed by atoms with E-state index in [0.29, 0.717) is 16.1 Å². The predicted octanol–water partition coefficient (Wildman–Crippen LogP) is 6.37. The Labute approximate surface area is 205 Å². The molecule has 6 nitrogen and oxygen atoms in total. The van der Waals surface area contributed by atoms with Gasteiger partial charge in [0.2, 0.25) is 0 Å². The summed E-state index contributed by atoms with van der Waals surface area (Å²) in [5.41, 5.74) is 1.98. The van der Waals surface area contributed by atoms with Gasteiger partial charge in [0, 0.05) is 21.8 Å². The molecule has 0 unspecified atom stereocenters. The van der Waals surface area contributed by atoms with Crippen molar-refractivity contribution in [3.63, 3.8) is 0 Å². The Hall–Kier alpha value is -2.84. The molecule has 1 aromatic carbocycles. The average molecular weight is 550 g/mol. The van der Waals surface area contributed by atoms with Crippen molar-refractivity contribution in [2.45, 2.75) is 50.4 Å². The van der Waals surface area contributed by atoms with Crippen molar-refractivity contribution < 1.29 is 18.0 Å². The summed E-state index contributed by atoms with van der Waals surface area (Å²) in [7, 11) is 0. The molecule has 2 atom stereocenters. The van der Waals surface area contributed by atoms with Crippen molar-refractivity contribution >= 4 is 44.0 Å². The van der Waals surface area contributed by atoms with Crippen LogP contribution in [0.15, 0.2) is 34.8 Å². The summed E-state index contributed by atoms with van der Waals surface area (Å²) >= 11 is 4.70. The smallest absolute Gasteiger partial charge is 0.363 e. The van der Waals surface area contributed by atoms with Crippen molar-refractivity contribution in [2.75, 3.05) is 10.6 Å². The normalized spacial score (nSPS) is 19.5. The highest BCUT2D eigenvalue weighted by molar-refractivity contribution is 9.10. The van der Waals surface area contributed by atoms with Crippen LogP contribution in [0.1, 0.15) is 63.4 Å². The molecule has 0 bridgehead atoms. The Morgan fingerprint density at radius 3 is 2.71 bits per heavy atom. The lowest BCUT2D eigenvalue weighted by atomic mass is 9.96. The van der Waals surface area contributed by atoms with E-state index < -0.39 is 24.2 Å². The number of hydrogen-bond acceptors (Lipinski definition) is 5. The van der Waals surface area contributed by atoms with Crippen LogP contribution in [0.3, 0.4) is 0 Å². The van der Waals surface area contributed by atoms with Gasteiger partial charge in [-0.2, -0.15) is 23.5 Å². The standard InChI is InChI=1S/C23H19BrF3N5OS/c24-13-7-5-12(6-8-13)16-9-19(23(25,26)27)32-20(29-16)10-17(31-32)21(33)30-22-15(11-28)14-3-1-2-4-18(14)34-22/h5-8,10,16,19,29H,1-4,9H2,(H,30,33)/t16-,19+/m1/s1. The Balaban J connectivity index is 1.45. The van der Waals surface area contributed by atoms with Gasteiger partial charge < -0.3 is 10.6 Å². The second kappa shape index (κ2) is 8.74. The van der Waals surface area contributed by atoms with Gasteiger partial charge in [0.25, 0.3) is 5.91 Å². The van der Waals surface area contributed by atoms with E-state index in [1.807, 2.05) is 0 Å². The molecular formula is C23H19BrF3N5OS. The Kier molecular flexibility index (Phi) is 5.90. The van der Waals surface area contributed by atoms with Crippen LogP contribution in [0.25, 0.3) is 0 Å². The van der Waals surface area contributed by atoms with E-state index in [4.69, 9.17) is 0 Å². The molecule has 0 fully saturated rings. The van der Waals surface area contributed by atoms with Crippen molar-refractivity contribution in [1.29, 1.82) is 5.26 Å². The van der Waals surface area contributed by atoms with Gasteiger partial charge in [-0.3, -0.25) is 4.79 Å². The zero-order valence-electron chi connectivity index (χ0n) is 17.7. The first kappa shape index (κ1) is 22.9. The van der Waals surface area contributed by atoms with Crippen LogP contribution in [-0.2, 0) is 12.8 Å². The topological polar surface area (TPSA) is 82.7 Å². The van der Waals surface area contributed by atoms with Crippen LogP contribution in [-0.4, -0.2) is 21.9 Å². The SMILES string of the molecule is N#Cc1c(NC(=O)c2cc3n(n2)[C@H](C(F)(F)F)C[C@H](c2ccc(Br)cc2)N3)sc2c1CCCC2. The van der Waals surface area contributed by atoms with Crippen molar-refractivity contribution in [3.8, 4) is 6.07 Å². The maximum absolute atomic E-state index is 13.9. The third-order valence-electron chi connectivity index (χ3n) is 6.21. The number of aromatic nitrogens is 2. The number of benzene rings is 1. The van der Waals surface area contributed by atoms with Crippen LogP contribution in [0.2, 0.25) is 0 Å². The highest BCUT2D eigenvalue weighted by Gasteiger charge is 2.46. The quantitative estimate of drug-likeness (QED) is 0.397. The van der Waals surface area contributed by atoms with E-state index in [1.54, 1.807) is 24.3 Å². The molecule has 1 amide bonds. The van der Waals surface area contributed by atoms with Gasteiger partial charge in [-0.15, -0.1) is 11.3 Å². The van der Waals surface area contributed by atoms with Gasteiger partial charge >= 0.3 is 6.18 Å². The van der Waals surface area contributed by atoms with Crippen LogP contribution in [0.5, 0.6) is 0 Å². The van der Waals surface area contributed by atoms with Gasteiger partial charge in [0.1, 0.15) is 16.9 Å². The number of carbonyl (C=O) groups is 1. The number of alkyl halides is 3. The summed E-state index contributed by atoms with van der Waals surface area (Å²) in [6.07, 6.45) is -1.12. The number of aryl methyl sites for hydroxylation is 1. The van der Waals surface area contributed by atoms with E-state index in [2.05, 4.69) is 37.7 Å². The molecule has 1 aliphatic heterocycles. The minimum Gasteiger partial charge on any atom is -0.363 e. The van der Waals surface area contributed by atoms with E-state index in [-0.39, 0.29) is 17.9 Å². The Bertz CT molecular complexity index is 1290. The maximum Gasteiger partial charge on any atom is 0.410 e. The molecule has 0 radical (unpaired) electrons. The zero-order chi connectivity index (χ0) is 24.0. The monoisotopic (exact) mass is 549 g/mol. The molecular weight excluding hydrogens is 531 g/mol. The van der Waals surface area contributed by atoms with Crippen LogP contribution in [0.4, 0.5) is 24.0 Å². The average Bonchev–Trinajstić information content (AvgIpc) is 3.39. The summed E-state index contributed by atoms with van der Waals surface area (Å²) in [4.78, 5) is 14.0. The number of amides is 1. The number of carbonyl (C=O) groups excluding carboxylic acids is 1. The third kappa shape index (κ3) is 4.20. The van der Waals surface area contributed by atoms with Gasteiger partial charge in [-0.1, -0.05) is 28.1 Å². The number of rotatable bonds is 3. The molecule has 11 heteroatoms. The van der Waals surface area contributed by atoms with Crippen LogP contribution in [0, 0.1) is 11.3 Å². The third-order valence-corrected chi connectivity index (χ3v) is 7.94. The predicted molar refractivity (Wildman–Crippen MR) is 126 cm³/mol. The maximum atomic E-state index is 13.9. The molecule has 0 saturated carbocycles. The lowest BCUT2D eigenvalue weighted by molar-refractivity contribution is -0.173. The molecule has 5 rings (SSSR count). The van der Waals surface area contributed by atoms with Crippen molar-refractivity contribution in [1.82, 2.24) is 9.78 Å². The number of anilines is 2. The van der Waals surface area contributed by atoms with Gasteiger partial charge in [-0.25, -0.2) is 4.68 Å². The highest BCUT2D eigenvalue weighted by Crippen LogP contribution is 2.44. The number of thiophene rings is 1. The van der Waals surface area contributed by atoms with Crippen LogP contribution >= 0.6 is 27.3 Å². The number of nitriles is 1. The molecule has 34 heavy (non-hydrogen) atoms. The lowest BCUT2D eigenvalue weighted by Crippen LogP contribution is -2.35. The van der Waals surface area contributed by atoms with Gasteiger partial charge in [0.15, 0.2) is 11.7 Å². The minimum atomic E-state index is -4.54. The van der Waals surface area contributed by atoms with E-state index in [0.717, 1.165) is 45.3 Å². The minimum absolute atomic E-state index is 0.123. The molecule has 0 spiro atoms. The fraction of sp³-hybridized carbons (Fsp3) is 0.348. The fourth-order valence-corrected chi connectivity index (χ4v) is 6.04. The van der Waals surface area contributed by atoms with Crippen molar-refractivity contribution in [2.24, 2.45) is 0 Å². The number of hydrogen-bond donors (Lipinski definition) is 2. The van der Waals surface area contributed by atoms with E-state index in [1.165, 1.54) is 17.4 Å². The summed E-state index contributed by atoms with van der Waals surface area (Å²) in [6.45, 7) is 0. The van der Waals surface area contributed by atoms with Crippen LogP contribution < -0.4 is 10.6 Å². The second-order valence-electron chi connectivity index (χ2n) is 8.38. The largest absolute Gasteiger partial charge is 0.410 e. The first-order chi connectivity index (χ1) is 16.2. The van der Waals surface area contributed by atoms with Gasteiger partial charge in [0.05, 0.1) is 11.6 Å². The van der Waals surface area contributed by atoms with Crippen molar-refractivity contribution in [3.05, 3.63) is 62.1 Å². The number of fused-ring (bicyclic) bond motifs is 2. The van der Waals surface area contributed by atoms with E-state index >= 15 is 0 Å². The lowest BCUT2D eigenvalue weighted by Gasteiger charge is -2.33. The van der Waals surface area contributed by atoms with Gasteiger partial charge in [-0.05, 0) is 48.9 Å². The summed E-state index contributed by atoms with van der Waals surface area (Å²) in [6, 6.07) is 8.11. The Morgan fingerprint density at radius 2 is 2.00 bits per heavy atom. The second-order valence-corrected chi connectivity index (χ2v) is 10.4. The molecule has 1 aliphatic carbocycles. The molecule has 3 heterocycles. The summed E-state index contributed by atoms with van der Waals surface area (Å²) in [5, 5.41) is 19.9. The highest BCUT2D eigenvalue weighted by atomic mass is 79.9. The number of nitrogens with zero attached hydrogens (tertiary/aromatic N) is 3. The molecule has 2 aromatic heterocycles. The number of halogens is 4. The van der Waals surface area contributed by atoms with E-state index in [9.17, 15) is 23.2 Å². The molecule has 2 N–H and O–H groups in total. The summed E-state index contributed by atoms with van der Waals surface area (Å²) < 4.78 is 43.5. The molecule has 2 aliphatic rings. The molecule has 0 saturated heterocycles.